The van der Waals surface area contributed by atoms with E-state index >= 15 is 0 Å². The van der Waals surface area contributed by atoms with Crippen LogP contribution in [-0.2, 0) is 4.79 Å². The average Bonchev–Trinajstić information content (AvgIpc) is 3.11. The maximum absolute atomic E-state index is 13.9. The molecular weight excluding hydrogens is 391 g/mol. The van der Waals surface area contributed by atoms with E-state index < -0.39 is 23.7 Å². The number of thiazole rings is 1. The summed E-state index contributed by atoms with van der Waals surface area (Å²) in [5.41, 5.74) is 0.884. The molecule has 2 N–H and O–H groups in total. The smallest absolute Gasteiger partial charge is 0.305 e. The third kappa shape index (κ3) is 4.50. The summed E-state index contributed by atoms with van der Waals surface area (Å²) in [5.74, 6) is -2.07. The van der Waals surface area contributed by atoms with Crippen LogP contribution in [0.3, 0.4) is 0 Å². The number of hydrogen-bond acceptors (Lipinski definition) is 4. The highest BCUT2D eigenvalue weighted by molar-refractivity contribution is 7.13. The van der Waals surface area contributed by atoms with Crippen molar-refractivity contribution in [3.8, 4) is 10.6 Å². The van der Waals surface area contributed by atoms with Crippen LogP contribution in [0.5, 0.6) is 0 Å². The van der Waals surface area contributed by atoms with Gasteiger partial charge in [-0.15, -0.1) is 11.3 Å². The Labute approximate surface area is 163 Å². The molecule has 8 heteroatoms. The van der Waals surface area contributed by atoms with Crippen molar-refractivity contribution in [1.29, 1.82) is 0 Å². The fourth-order valence-electron chi connectivity index (χ4n) is 2.54. The molecule has 0 saturated heterocycles. The van der Waals surface area contributed by atoms with Crippen molar-refractivity contribution in [3.05, 3.63) is 76.0 Å². The lowest BCUT2D eigenvalue weighted by Gasteiger charge is -2.18. The Balaban J connectivity index is 1.83. The Morgan fingerprint density at radius 2 is 1.89 bits per heavy atom. The average molecular weight is 405 g/mol. The molecule has 1 amide bonds. The first-order chi connectivity index (χ1) is 13.0. The summed E-state index contributed by atoms with van der Waals surface area (Å²) in [6.45, 7) is 0. The first-order valence-corrected chi connectivity index (χ1v) is 9.19. The summed E-state index contributed by atoms with van der Waals surface area (Å²) in [6.07, 6.45) is -0.334. The fourth-order valence-corrected chi connectivity index (χ4v) is 3.63. The molecule has 0 aliphatic carbocycles. The van der Waals surface area contributed by atoms with Crippen molar-refractivity contribution in [2.75, 3.05) is 0 Å². The number of nitrogens with one attached hydrogen (secondary N) is 1. The molecule has 0 aliphatic rings. The Kier molecular flexibility index (Phi) is 5.83. The number of nitrogens with zero attached hydrogens (tertiary/aromatic N) is 1. The van der Waals surface area contributed by atoms with E-state index in [1.54, 1.807) is 42.5 Å². The molecule has 0 saturated carbocycles. The predicted octanol–water partition coefficient (Wildman–Crippen LogP) is 4.55. The van der Waals surface area contributed by atoms with Crippen LogP contribution in [0.25, 0.3) is 10.6 Å². The van der Waals surface area contributed by atoms with Crippen molar-refractivity contribution in [3.63, 3.8) is 0 Å². The normalized spacial score (nSPS) is 11.8. The molecule has 138 valence electrons. The lowest BCUT2D eigenvalue weighted by Crippen LogP contribution is -2.30. The van der Waals surface area contributed by atoms with E-state index in [-0.39, 0.29) is 12.1 Å². The van der Waals surface area contributed by atoms with Crippen LogP contribution in [0.4, 0.5) is 4.39 Å². The van der Waals surface area contributed by atoms with Gasteiger partial charge in [0.05, 0.1) is 12.5 Å². The molecule has 2 aromatic carbocycles. The van der Waals surface area contributed by atoms with E-state index in [9.17, 15) is 14.0 Å². The highest BCUT2D eigenvalue weighted by Gasteiger charge is 2.22. The molecule has 0 fully saturated rings. The summed E-state index contributed by atoms with van der Waals surface area (Å²) >= 11 is 7.26. The van der Waals surface area contributed by atoms with Crippen molar-refractivity contribution in [2.45, 2.75) is 12.5 Å². The third-order valence-electron chi connectivity index (χ3n) is 3.81. The molecule has 0 bridgehead atoms. The standard InChI is InChI=1S/C19H14ClFN2O3S/c20-13-7-3-1-5-11(13)15(9-17(24)25)22-18(26)16-10-27-19(23-16)12-6-2-4-8-14(12)21/h1-8,10,15H,9H2,(H,22,26)(H,24,25). The zero-order valence-corrected chi connectivity index (χ0v) is 15.4. The number of halogens is 2. The van der Waals surface area contributed by atoms with Gasteiger partial charge < -0.3 is 10.4 Å². The third-order valence-corrected chi connectivity index (χ3v) is 5.03. The van der Waals surface area contributed by atoms with E-state index in [1.165, 1.54) is 11.4 Å². The number of benzene rings is 2. The molecule has 0 radical (unpaired) electrons. The highest BCUT2D eigenvalue weighted by Crippen LogP contribution is 2.28. The molecule has 3 rings (SSSR count). The van der Waals surface area contributed by atoms with E-state index in [0.29, 0.717) is 21.2 Å². The lowest BCUT2D eigenvalue weighted by molar-refractivity contribution is -0.137. The maximum atomic E-state index is 13.9. The minimum atomic E-state index is -1.08. The zero-order valence-electron chi connectivity index (χ0n) is 13.9. The Bertz CT molecular complexity index is 992. The number of carboxylic acid groups (broad SMARTS) is 1. The number of hydrogen-bond donors (Lipinski definition) is 2. The number of carbonyl (C=O) groups excluding carboxylic acids is 1. The van der Waals surface area contributed by atoms with Gasteiger partial charge in [0.1, 0.15) is 16.5 Å². The van der Waals surface area contributed by atoms with Gasteiger partial charge in [0.25, 0.3) is 5.91 Å². The molecule has 1 atom stereocenters. The van der Waals surface area contributed by atoms with E-state index in [0.717, 1.165) is 11.3 Å². The predicted molar refractivity (Wildman–Crippen MR) is 101 cm³/mol. The maximum Gasteiger partial charge on any atom is 0.305 e. The van der Waals surface area contributed by atoms with Gasteiger partial charge in [-0.05, 0) is 23.8 Å². The van der Waals surface area contributed by atoms with Crippen molar-refractivity contribution >= 4 is 34.8 Å². The van der Waals surface area contributed by atoms with Gasteiger partial charge in [-0.1, -0.05) is 41.9 Å². The molecule has 0 spiro atoms. The lowest BCUT2D eigenvalue weighted by atomic mass is 10.0. The molecule has 27 heavy (non-hydrogen) atoms. The molecule has 1 unspecified atom stereocenters. The summed E-state index contributed by atoms with van der Waals surface area (Å²) in [6, 6.07) is 12.0. The second kappa shape index (κ2) is 8.28. The largest absolute Gasteiger partial charge is 0.481 e. The molecule has 0 aliphatic heterocycles. The Morgan fingerprint density at radius 3 is 2.59 bits per heavy atom. The van der Waals surface area contributed by atoms with Crippen LogP contribution in [0, 0.1) is 5.82 Å². The quantitative estimate of drug-likeness (QED) is 0.631. The molecule has 1 heterocycles. The van der Waals surface area contributed by atoms with Gasteiger partial charge in [0, 0.05) is 16.0 Å². The summed E-state index contributed by atoms with van der Waals surface area (Å²) in [7, 11) is 0. The van der Waals surface area contributed by atoms with Gasteiger partial charge >= 0.3 is 5.97 Å². The number of carbonyl (C=O) groups is 2. The van der Waals surface area contributed by atoms with Crippen molar-refractivity contribution < 1.29 is 19.1 Å². The SMILES string of the molecule is O=C(O)CC(NC(=O)c1csc(-c2ccccc2F)n1)c1ccccc1Cl. The van der Waals surface area contributed by atoms with Crippen LogP contribution in [0.15, 0.2) is 53.9 Å². The number of carboxylic acids is 1. The van der Waals surface area contributed by atoms with Crippen LogP contribution < -0.4 is 5.32 Å². The second-order valence-corrected chi connectivity index (χ2v) is 6.93. The summed E-state index contributed by atoms with van der Waals surface area (Å²) in [5, 5.41) is 14.0. The van der Waals surface area contributed by atoms with Gasteiger partial charge in [0.2, 0.25) is 0 Å². The molecule has 3 aromatic rings. The summed E-state index contributed by atoms with van der Waals surface area (Å²) < 4.78 is 13.9. The van der Waals surface area contributed by atoms with Gasteiger partial charge in [-0.25, -0.2) is 9.37 Å². The number of amides is 1. The Hall–Kier alpha value is -2.77. The minimum Gasteiger partial charge on any atom is -0.481 e. The van der Waals surface area contributed by atoms with E-state index in [1.807, 2.05) is 0 Å². The number of rotatable bonds is 6. The molecular formula is C19H14ClFN2O3S. The molecule has 5 nitrogen and oxygen atoms in total. The van der Waals surface area contributed by atoms with Crippen LogP contribution in [0.2, 0.25) is 5.02 Å². The van der Waals surface area contributed by atoms with Crippen LogP contribution in [-0.4, -0.2) is 22.0 Å². The highest BCUT2D eigenvalue weighted by atomic mass is 35.5. The van der Waals surface area contributed by atoms with Crippen LogP contribution in [0.1, 0.15) is 28.5 Å². The second-order valence-electron chi connectivity index (χ2n) is 5.66. The zero-order chi connectivity index (χ0) is 19.4. The monoisotopic (exact) mass is 404 g/mol. The van der Waals surface area contributed by atoms with Gasteiger partial charge in [0.15, 0.2) is 0 Å². The van der Waals surface area contributed by atoms with Crippen LogP contribution >= 0.6 is 22.9 Å². The number of aromatic nitrogens is 1. The van der Waals surface area contributed by atoms with E-state index in [4.69, 9.17) is 16.7 Å². The van der Waals surface area contributed by atoms with E-state index in [2.05, 4.69) is 10.3 Å². The van der Waals surface area contributed by atoms with Gasteiger partial charge in [-0.2, -0.15) is 0 Å². The van der Waals surface area contributed by atoms with Crippen molar-refractivity contribution in [1.82, 2.24) is 10.3 Å². The van der Waals surface area contributed by atoms with Gasteiger partial charge in [-0.3, -0.25) is 9.59 Å². The Morgan fingerprint density at radius 1 is 1.19 bits per heavy atom. The topological polar surface area (TPSA) is 79.3 Å². The van der Waals surface area contributed by atoms with Crippen molar-refractivity contribution in [2.24, 2.45) is 0 Å². The molecule has 1 aromatic heterocycles. The minimum absolute atomic E-state index is 0.0840. The first kappa shape index (κ1) is 19.0. The summed E-state index contributed by atoms with van der Waals surface area (Å²) in [4.78, 5) is 27.9. The number of aliphatic carboxylic acids is 1. The fraction of sp³-hybridized carbons (Fsp3) is 0.105. The first-order valence-electron chi connectivity index (χ1n) is 7.93.